The Morgan fingerprint density at radius 2 is 2.00 bits per heavy atom. The van der Waals surface area contributed by atoms with Crippen LogP contribution in [0.1, 0.15) is 39.0 Å². The van der Waals surface area contributed by atoms with Gasteiger partial charge in [-0.25, -0.2) is 0 Å². The maximum Gasteiger partial charge on any atom is 0.00965 e. The summed E-state index contributed by atoms with van der Waals surface area (Å²) in [6, 6.07) is 1.76. The summed E-state index contributed by atoms with van der Waals surface area (Å²) < 4.78 is 0. The van der Waals surface area contributed by atoms with Gasteiger partial charge in [0.25, 0.3) is 0 Å². The quantitative estimate of drug-likeness (QED) is 0.742. The highest BCUT2D eigenvalue weighted by atomic mass is 15.2. The van der Waals surface area contributed by atoms with Gasteiger partial charge in [0.1, 0.15) is 0 Å². The lowest BCUT2D eigenvalue weighted by Gasteiger charge is -2.18. The van der Waals surface area contributed by atoms with Crippen molar-refractivity contribution in [2.45, 2.75) is 51.1 Å². The topological polar surface area (TPSA) is 15.3 Å². The van der Waals surface area contributed by atoms with Crippen LogP contribution in [-0.4, -0.2) is 36.6 Å². The predicted octanol–water partition coefficient (Wildman–Crippen LogP) is 1.86. The van der Waals surface area contributed by atoms with Crippen molar-refractivity contribution in [3.63, 3.8) is 0 Å². The molecule has 0 radical (unpaired) electrons. The maximum absolute atomic E-state index is 3.74. The van der Waals surface area contributed by atoms with E-state index in [1.807, 2.05) is 0 Å². The van der Waals surface area contributed by atoms with E-state index in [1.54, 1.807) is 0 Å². The highest BCUT2D eigenvalue weighted by Crippen LogP contribution is 2.33. The Bertz CT molecular complexity index is 221. The smallest absolute Gasteiger partial charge is 0.00965 e. The van der Waals surface area contributed by atoms with Crippen molar-refractivity contribution in [1.82, 2.24) is 10.2 Å². The van der Waals surface area contributed by atoms with E-state index in [1.165, 1.54) is 51.7 Å². The molecule has 86 valence electrons. The minimum atomic E-state index is 0.778. The van der Waals surface area contributed by atoms with Gasteiger partial charge in [-0.1, -0.05) is 0 Å². The van der Waals surface area contributed by atoms with Gasteiger partial charge in [0, 0.05) is 18.6 Å². The number of likely N-dealkylation sites (tertiary alicyclic amines) is 1. The average Bonchev–Trinajstić information content (AvgIpc) is 3.12. The van der Waals surface area contributed by atoms with E-state index in [0.717, 1.165) is 23.9 Å². The monoisotopic (exact) mass is 208 g/mol. The Morgan fingerprint density at radius 3 is 2.67 bits per heavy atom. The molecule has 3 fully saturated rings. The van der Waals surface area contributed by atoms with E-state index in [2.05, 4.69) is 17.1 Å². The zero-order chi connectivity index (χ0) is 10.3. The van der Waals surface area contributed by atoms with E-state index in [-0.39, 0.29) is 0 Å². The number of hydrogen-bond acceptors (Lipinski definition) is 2. The lowest BCUT2D eigenvalue weighted by molar-refractivity contribution is 0.308. The van der Waals surface area contributed by atoms with Crippen LogP contribution in [0.3, 0.4) is 0 Å². The van der Waals surface area contributed by atoms with Crippen molar-refractivity contribution in [2.75, 3.05) is 19.6 Å². The molecule has 2 nitrogen and oxygen atoms in total. The van der Waals surface area contributed by atoms with Gasteiger partial charge in [0.05, 0.1) is 0 Å². The number of nitrogens with one attached hydrogen (secondary N) is 1. The Hall–Kier alpha value is -0.0800. The lowest BCUT2D eigenvalue weighted by atomic mass is 10.1. The largest absolute Gasteiger partial charge is 0.314 e. The van der Waals surface area contributed by atoms with Crippen molar-refractivity contribution >= 4 is 0 Å². The van der Waals surface area contributed by atoms with Gasteiger partial charge in [-0.05, 0) is 64.0 Å². The fraction of sp³-hybridized carbons (Fsp3) is 1.00. The van der Waals surface area contributed by atoms with Crippen molar-refractivity contribution in [3.05, 3.63) is 0 Å². The van der Waals surface area contributed by atoms with E-state index in [9.17, 15) is 0 Å². The van der Waals surface area contributed by atoms with Crippen molar-refractivity contribution in [3.8, 4) is 0 Å². The first-order valence-electron chi connectivity index (χ1n) is 6.80. The second kappa shape index (κ2) is 4.06. The first-order valence-corrected chi connectivity index (χ1v) is 6.80. The van der Waals surface area contributed by atoms with Crippen molar-refractivity contribution in [2.24, 2.45) is 11.8 Å². The molecule has 15 heavy (non-hydrogen) atoms. The molecule has 1 aliphatic heterocycles. The first-order chi connectivity index (χ1) is 7.33. The minimum Gasteiger partial charge on any atom is -0.314 e. The molecule has 0 spiro atoms. The maximum atomic E-state index is 3.74. The van der Waals surface area contributed by atoms with Crippen LogP contribution < -0.4 is 5.32 Å². The van der Waals surface area contributed by atoms with E-state index >= 15 is 0 Å². The molecular weight excluding hydrogens is 184 g/mol. The van der Waals surface area contributed by atoms with E-state index in [4.69, 9.17) is 0 Å². The third-order valence-corrected chi connectivity index (χ3v) is 4.44. The highest BCUT2D eigenvalue weighted by Gasteiger charge is 2.34. The molecule has 0 bridgehead atoms. The minimum absolute atomic E-state index is 0.778. The first kappa shape index (κ1) is 10.1. The average molecular weight is 208 g/mol. The summed E-state index contributed by atoms with van der Waals surface area (Å²) in [5, 5.41) is 3.74. The molecule has 2 saturated carbocycles. The van der Waals surface area contributed by atoms with Gasteiger partial charge in [-0.3, -0.25) is 0 Å². The number of hydrogen-bond donors (Lipinski definition) is 1. The van der Waals surface area contributed by atoms with Gasteiger partial charge in [-0.2, -0.15) is 0 Å². The molecule has 1 saturated heterocycles. The van der Waals surface area contributed by atoms with E-state index in [0.29, 0.717) is 0 Å². The molecule has 0 aromatic heterocycles. The zero-order valence-corrected chi connectivity index (χ0v) is 9.91. The van der Waals surface area contributed by atoms with Crippen molar-refractivity contribution < 1.29 is 0 Å². The van der Waals surface area contributed by atoms with Crippen LogP contribution >= 0.6 is 0 Å². The third kappa shape index (κ3) is 2.54. The number of rotatable bonds is 5. The van der Waals surface area contributed by atoms with Crippen LogP contribution in [0.25, 0.3) is 0 Å². The second-order valence-electron chi connectivity index (χ2n) is 5.92. The Kier molecular flexibility index (Phi) is 2.73. The molecule has 1 heterocycles. The second-order valence-corrected chi connectivity index (χ2v) is 5.92. The fourth-order valence-electron chi connectivity index (χ4n) is 2.92. The molecule has 2 atom stereocenters. The summed E-state index contributed by atoms with van der Waals surface area (Å²) >= 11 is 0. The van der Waals surface area contributed by atoms with Crippen LogP contribution in [0.2, 0.25) is 0 Å². The third-order valence-electron chi connectivity index (χ3n) is 4.44. The molecule has 3 rings (SSSR count). The van der Waals surface area contributed by atoms with Crippen LogP contribution in [0.4, 0.5) is 0 Å². The molecule has 2 aliphatic carbocycles. The van der Waals surface area contributed by atoms with Crippen molar-refractivity contribution in [1.29, 1.82) is 0 Å². The molecule has 0 aromatic carbocycles. The molecule has 0 aromatic rings. The predicted molar refractivity (Wildman–Crippen MR) is 62.9 cm³/mol. The summed E-state index contributed by atoms with van der Waals surface area (Å²) in [4.78, 5) is 2.72. The molecule has 3 aliphatic rings. The van der Waals surface area contributed by atoms with Gasteiger partial charge in [0.15, 0.2) is 0 Å². The van der Waals surface area contributed by atoms with Crippen LogP contribution in [0, 0.1) is 11.8 Å². The van der Waals surface area contributed by atoms with Crippen LogP contribution in [-0.2, 0) is 0 Å². The summed E-state index contributed by atoms with van der Waals surface area (Å²) in [7, 11) is 0. The molecule has 2 heteroatoms. The zero-order valence-electron chi connectivity index (χ0n) is 9.91. The van der Waals surface area contributed by atoms with Crippen LogP contribution in [0.5, 0.6) is 0 Å². The molecule has 1 N–H and O–H groups in total. The molecule has 2 unspecified atom stereocenters. The van der Waals surface area contributed by atoms with Crippen LogP contribution in [0.15, 0.2) is 0 Å². The Balaban J connectivity index is 1.36. The standard InChI is InChI=1S/C13H24N2/c1-10(12-2-3-12)14-8-11-6-7-15(9-11)13-4-5-13/h10-14H,2-9H2,1H3. The summed E-state index contributed by atoms with van der Waals surface area (Å²) in [5.41, 5.74) is 0. The van der Waals surface area contributed by atoms with Gasteiger partial charge >= 0.3 is 0 Å². The van der Waals surface area contributed by atoms with Gasteiger partial charge < -0.3 is 10.2 Å². The Labute approximate surface area is 93.4 Å². The highest BCUT2D eigenvalue weighted by molar-refractivity contribution is 4.91. The SMILES string of the molecule is CC(NCC1CCN(C2CC2)C1)C1CC1. The molecule has 0 amide bonds. The fourth-order valence-corrected chi connectivity index (χ4v) is 2.92. The van der Waals surface area contributed by atoms with Gasteiger partial charge in [-0.15, -0.1) is 0 Å². The van der Waals surface area contributed by atoms with E-state index < -0.39 is 0 Å². The summed E-state index contributed by atoms with van der Waals surface area (Å²) in [6.45, 7) is 6.37. The lowest BCUT2D eigenvalue weighted by Crippen LogP contribution is -2.34. The number of nitrogens with zero attached hydrogens (tertiary/aromatic N) is 1. The summed E-state index contributed by atoms with van der Waals surface area (Å²) in [6.07, 6.45) is 7.30. The Morgan fingerprint density at radius 1 is 1.20 bits per heavy atom. The summed E-state index contributed by atoms with van der Waals surface area (Å²) in [5.74, 6) is 1.94. The van der Waals surface area contributed by atoms with Gasteiger partial charge in [0.2, 0.25) is 0 Å². The molecular formula is C13H24N2. The normalized spacial score (nSPS) is 34.6.